The largest absolute Gasteiger partial charge is 0.497 e. The first kappa shape index (κ1) is 17.8. The third kappa shape index (κ3) is 6.36. The van der Waals surface area contributed by atoms with E-state index < -0.39 is 5.97 Å². The number of rotatable bonds is 7. The number of methoxy groups -OCH3 is 1. The minimum absolute atomic E-state index is 0.0283. The Bertz CT molecular complexity index is 648. The van der Waals surface area contributed by atoms with Gasteiger partial charge in [0, 0.05) is 7.05 Å². The first-order valence-electron chi connectivity index (χ1n) is 6.80. The van der Waals surface area contributed by atoms with Gasteiger partial charge in [0.05, 0.1) is 19.2 Å². The standard InChI is InChI=1S/C17H17N3O3/c1-20(9-3-4-14(12-18)13-19)10-11-23-17(21)15-5-7-16(22-2)8-6-15/h3-9H,10-11H2,1-2H3/b9-3+. The van der Waals surface area contributed by atoms with Crippen molar-refractivity contribution in [1.29, 1.82) is 10.5 Å². The Kier molecular flexibility index (Phi) is 7.46. The minimum Gasteiger partial charge on any atom is -0.497 e. The second-order valence-corrected chi connectivity index (χ2v) is 4.49. The zero-order valence-electron chi connectivity index (χ0n) is 13.0. The summed E-state index contributed by atoms with van der Waals surface area (Å²) in [6.07, 6.45) is 4.70. The van der Waals surface area contributed by atoms with Crippen molar-refractivity contribution in [2.24, 2.45) is 0 Å². The molecule has 0 heterocycles. The van der Waals surface area contributed by atoms with E-state index in [1.165, 1.54) is 6.08 Å². The van der Waals surface area contributed by atoms with Gasteiger partial charge in [-0.25, -0.2) is 4.79 Å². The summed E-state index contributed by atoms with van der Waals surface area (Å²) < 4.78 is 10.2. The van der Waals surface area contributed by atoms with Crippen LogP contribution in [-0.2, 0) is 4.74 Å². The van der Waals surface area contributed by atoms with Crippen molar-refractivity contribution in [2.45, 2.75) is 0 Å². The fourth-order valence-corrected chi connectivity index (χ4v) is 1.55. The minimum atomic E-state index is -0.402. The average molecular weight is 311 g/mol. The van der Waals surface area contributed by atoms with E-state index in [1.807, 2.05) is 0 Å². The number of nitrogens with zero attached hydrogens (tertiary/aromatic N) is 3. The van der Waals surface area contributed by atoms with Crippen molar-refractivity contribution in [3.8, 4) is 17.9 Å². The predicted molar refractivity (Wildman–Crippen MR) is 84.4 cm³/mol. The van der Waals surface area contributed by atoms with Gasteiger partial charge in [0.25, 0.3) is 0 Å². The zero-order valence-corrected chi connectivity index (χ0v) is 13.0. The van der Waals surface area contributed by atoms with E-state index in [0.717, 1.165) is 0 Å². The number of nitriles is 2. The summed E-state index contributed by atoms with van der Waals surface area (Å²) in [5.74, 6) is 0.273. The molecule has 118 valence electrons. The van der Waals surface area contributed by atoms with Crippen molar-refractivity contribution in [2.75, 3.05) is 27.3 Å². The second-order valence-electron chi connectivity index (χ2n) is 4.49. The topological polar surface area (TPSA) is 86.3 Å². The molecule has 0 aromatic heterocycles. The van der Waals surface area contributed by atoms with Gasteiger partial charge in [-0.2, -0.15) is 10.5 Å². The molecule has 0 bridgehead atoms. The Labute approximate surface area is 135 Å². The molecule has 0 saturated heterocycles. The number of ether oxygens (including phenoxy) is 2. The Morgan fingerprint density at radius 3 is 2.48 bits per heavy atom. The number of benzene rings is 1. The van der Waals surface area contributed by atoms with E-state index in [2.05, 4.69) is 0 Å². The van der Waals surface area contributed by atoms with E-state index in [0.29, 0.717) is 17.9 Å². The monoisotopic (exact) mass is 311 g/mol. The molecule has 0 atom stereocenters. The summed E-state index contributed by atoms with van der Waals surface area (Å²) in [6, 6.07) is 10.2. The molecule has 0 aliphatic carbocycles. The number of allylic oxidation sites excluding steroid dienone is 3. The molecule has 0 aliphatic heterocycles. The maximum absolute atomic E-state index is 11.8. The number of hydrogen-bond donors (Lipinski definition) is 0. The molecule has 0 spiro atoms. The van der Waals surface area contributed by atoms with E-state index in [4.69, 9.17) is 20.0 Å². The second kappa shape index (κ2) is 9.64. The van der Waals surface area contributed by atoms with E-state index in [1.54, 1.807) is 67.7 Å². The van der Waals surface area contributed by atoms with Gasteiger partial charge in [-0.05, 0) is 42.6 Å². The van der Waals surface area contributed by atoms with Gasteiger partial charge in [-0.15, -0.1) is 0 Å². The highest BCUT2D eigenvalue weighted by Crippen LogP contribution is 2.11. The van der Waals surface area contributed by atoms with Crippen LogP contribution in [0.2, 0.25) is 0 Å². The molecule has 6 nitrogen and oxygen atoms in total. The number of carbonyl (C=O) groups excluding carboxylic acids is 1. The van der Waals surface area contributed by atoms with Gasteiger partial charge >= 0.3 is 5.97 Å². The maximum atomic E-state index is 11.8. The van der Waals surface area contributed by atoms with Gasteiger partial charge in [-0.3, -0.25) is 0 Å². The Morgan fingerprint density at radius 1 is 1.26 bits per heavy atom. The summed E-state index contributed by atoms with van der Waals surface area (Å²) in [5.41, 5.74) is 0.486. The lowest BCUT2D eigenvalue weighted by Gasteiger charge is -2.13. The molecule has 1 aromatic rings. The summed E-state index contributed by atoms with van der Waals surface area (Å²) in [4.78, 5) is 13.6. The highest BCUT2D eigenvalue weighted by atomic mass is 16.5. The third-order valence-corrected chi connectivity index (χ3v) is 2.85. The van der Waals surface area contributed by atoms with Gasteiger partial charge < -0.3 is 14.4 Å². The molecule has 0 fully saturated rings. The third-order valence-electron chi connectivity index (χ3n) is 2.85. The van der Waals surface area contributed by atoms with Crippen molar-refractivity contribution in [3.05, 3.63) is 53.8 Å². The molecule has 0 unspecified atom stereocenters. The van der Waals surface area contributed by atoms with E-state index in [9.17, 15) is 4.79 Å². The molecule has 23 heavy (non-hydrogen) atoms. The molecule has 1 aromatic carbocycles. The summed E-state index contributed by atoms with van der Waals surface area (Å²) in [6.45, 7) is 0.708. The van der Waals surface area contributed by atoms with E-state index >= 15 is 0 Å². The lowest BCUT2D eigenvalue weighted by molar-refractivity contribution is 0.0487. The molecular weight excluding hydrogens is 294 g/mol. The van der Waals surface area contributed by atoms with Crippen LogP contribution in [0.1, 0.15) is 10.4 Å². The quantitative estimate of drug-likeness (QED) is 0.436. The van der Waals surface area contributed by atoms with Crippen LogP contribution in [0.3, 0.4) is 0 Å². The van der Waals surface area contributed by atoms with Crippen LogP contribution in [0, 0.1) is 22.7 Å². The van der Waals surface area contributed by atoms with Crippen molar-refractivity contribution < 1.29 is 14.3 Å². The van der Waals surface area contributed by atoms with Gasteiger partial charge in [0.15, 0.2) is 0 Å². The number of likely N-dealkylation sites (N-methyl/N-ethyl adjacent to an activating group) is 1. The van der Waals surface area contributed by atoms with Crippen LogP contribution in [0.25, 0.3) is 0 Å². The van der Waals surface area contributed by atoms with Gasteiger partial charge in [0.1, 0.15) is 30.1 Å². The van der Waals surface area contributed by atoms with Crippen molar-refractivity contribution in [1.82, 2.24) is 4.90 Å². The van der Waals surface area contributed by atoms with Gasteiger partial charge in [0.2, 0.25) is 0 Å². The van der Waals surface area contributed by atoms with Crippen LogP contribution in [0.5, 0.6) is 5.75 Å². The molecule has 0 amide bonds. The Hall–Kier alpha value is -3.25. The average Bonchev–Trinajstić information content (AvgIpc) is 2.58. The molecule has 0 aliphatic rings. The summed E-state index contributed by atoms with van der Waals surface area (Å²) in [5, 5.41) is 17.2. The first-order valence-corrected chi connectivity index (χ1v) is 6.80. The molecule has 0 N–H and O–H groups in total. The van der Waals surface area contributed by atoms with Crippen LogP contribution in [0.15, 0.2) is 48.2 Å². The molecular formula is C17H17N3O3. The zero-order chi connectivity index (χ0) is 17.1. The van der Waals surface area contributed by atoms with Crippen LogP contribution in [-0.4, -0.2) is 38.2 Å². The fraction of sp³-hybridized carbons (Fsp3) is 0.235. The number of esters is 1. The van der Waals surface area contributed by atoms with Gasteiger partial charge in [-0.1, -0.05) is 0 Å². The normalized spacial score (nSPS) is 9.57. The maximum Gasteiger partial charge on any atom is 0.338 e. The van der Waals surface area contributed by atoms with Crippen molar-refractivity contribution in [3.63, 3.8) is 0 Å². The highest BCUT2D eigenvalue weighted by molar-refractivity contribution is 5.89. The van der Waals surface area contributed by atoms with Crippen LogP contribution < -0.4 is 4.74 Å². The van der Waals surface area contributed by atoms with Crippen LogP contribution >= 0.6 is 0 Å². The summed E-state index contributed by atoms with van der Waals surface area (Å²) >= 11 is 0. The lowest BCUT2D eigenvalue weighted by atomic mass is 10.2. The Balaban J connectivity index is 2.39. The SMILES string of the molecule is COc1ccc(C(=O)OCCN(C)/C=C/C=C(C#N)C#N)cc1. The summed E-state index contributed by atoms with van der Waals surface area (Å²) in [7, 11) is 3.35. The highest BCUT2D eigenvalue weighted by Gasteiger charge is 2.07. The molecule has 1 rings (SSSR count). The van der Waals surface area contributed by atoms with Crippen molar-refractivity contribution >= 4 is 5.97 Å². The molecule has 0 radical (unpaired) electrons. The number of carbonyl (C=O) groups is 1. The Morgan fingerprint density at radius 2 is 1.91 bits per heavy atom. The van der Waals surface area contributed by atoms with E-state index in [-0.39, 0.29) is 12.2 Å². The molecule has 0 saturated carbocycles. The van der Waals surface area contributed by atoms with Crippen LogP contribution in [0.4, 0.5) is 0 Å². The fourth-order valence-electron chi connectivity index (χ4n) is 1.55. The smallest absolute Gasteiger partial charge is 0.338 e. The first-order chi connectivity index (χ1) is 11.1. The lowest BCUT2D eigenvalue weighted by Crippen LogP contribution is -2.19. The number of hydrogen-bond acceptors (Lipinski definition) is 6. The predicted octanol–water partition coefficient (Wildman–Crippen LogP) is 2.27. The molecule has 6 heteroatoms.